The van der Waals surface area contributed by atoms with Crippen molar-refractivity contribution in [1.29, 1.82) is 0 Å². The summed E-state index contributed by atoms with van der Waals surface area (Å²) in [7, 11) is 7.76. The highest BCUT2D eigenvalue weighted by atomic mass is 35.5. The Morgan fingerprint density at radius 3 is 2.64 bits per heavy atom. The number of rotatable bonds is 10. The molecule has 16 heteroatoms. The molecule has 3 aliphatic rings. The van der Waals surface area contributed by atoms with E-state index in [9.17, 15) is 29.4 Å². The molecule has 3 N–H and O–H groups in total. The molecule has 2 fully saturated rings. The maximum atomic E-state index is 14.1. The Hall–Kier alpha value is -2.79. The van der Waals surface area contributed by atoms with Gasteiger partial charge in [-0.15, -0.1) is 0 Å². The van der Waals surface area contributed by atoms with Gasteiger partial charge in [0.05, 0.1) is 29.8 Å². The molecule has 294 valence electrons. The number of epoxide rings is 1. The fourth-order valence-electron chi connectivity index (χ4n) is 6.73. The predicted octanol–water partition coefficient (Wildman–Crippen LogP) is 4.79. The fourth-order valence-corrected chi connectivity index (χ4v) is 8.67. The van der Waals surface area contributed by atoms with Gasteiger partial charge in [0.25, 0.3) is 0 Å². The van der Waals surface area contributed by atoms with Crippen LogP contribution in [-0.2, 0) is 46.4 Å². The van der Waals surface area contributed by atoms with Crippen molar-refractivity contribution in [3.05, 3.63) is 52.1 Å². The lowest BCUT2D eigenvalue weighted by molar-refractivity contribution is -0.162. The molecule has 0 aliphatic carbocycles. The number of nitrogens with one attached hydrogen (secondary N) is 1. The van der Waals surface area contributed by atoms with E-state index in [4.69, 9.17) is 30.5 Å². The minimum absolute atomic E-state index is 0.0548. The lowest BCUT2D eigenvalue weighted by Crippen LogP contribution is -2.63. The summed E-state index contributed by atoms with van der Waals surface area (Å²) < 4.78 is 23.6. The van der Waals surface area contributed by atoms with Gasteiger partial charge in [0.15, 0.2) is 5.72 Å². The zero-order valence-corrected chi connectivity index (χ0v) is 33.9. The van der Waals surface area contributed by atoms with Gasteiger partial charge in [-0.3, -0.25) is 14.9 Å². The SMILES string of the molecule is CCSSCCC(=O)N(C)[C@H](C)C(=O)O[C@H]1CC(=O)N(C)c2cc(cc(CO)c2Cl)C/C(C)=C/C=C/[C@@H](OC)[C@@]2(O)CC(OC(=O)N2)[C@@H](C)C2OC21C. The molecule has 2 saturated heterocycles. The Balaban J connectivity index is 1.72. The average molecular weight is 798 g/mol. The van der Waals surface area contributed by atoms with E-state index in [2.05, 4.69) is 5.32 Å². The largest absolute Gasteiger partial charge is 0.457 e. The first-order valence-electron chi connectivity index (χ1n) is 17.6. The van der Waals surface area contributed by atoms with E-state index in [1.54, 1.807) is 73.7 Å². The second-order valence-electron chi connectivity index (χ2n) is 14.0. The summed E-state index contributed by atoms with van der Waals surface area (Å²) >= 11 is 6.73. The first-order valence-corrected chi connectivity index (χ1v) is 20.5. The van der Waals surface area contributed by atoms with Crippen LogP contribution in [0, 0.1) is 5.92 Å². The van der Waals surface area contributed by atoms with Crippen LogP contribution in [0.4, 0.5) is 10.5 Å². The highest BCUT2D eigenvalue weighted by molar-refractivity contribution is 8.76. The van der Waals surface area contributed by atoms with E-state index in [1.165, 1.54) is 24.0 Å². The first kappa shape index (κ1) is 42.9. The van der Waals surface area contributed by atoms with Crippen LogP contribution in [0.3, 0.4) is 0 Å². The number of hydrogen-bond donors (Lipinski definition) is 3. The number of benzene rings is 1. The Bertz CT molecular complexity index is 1600. The smallest absolute Gasteiger partial charge is 0.409 e. The monoisotopic (exact) mass is 797 g/mol. The third-order valence-corrected chi connectivity index (χ3v) is 13.1. The molecule has 1 aromatic carbocycles. The van der Waals surface area contributed by atoms with E-state index in [-0.39, 0.29) is 36.8 Å². The molecule has 4 bridgehead atoms. The zero-order chi connectivity index (χ0) is 39.2. The van der Waals surface area contributed by atoms with Crippen molar-refractivity contribution in [1.82, 2.24) is 10.2 Å². The van der Waals surface area contributed by atoms with Crippen molar-refractivity contribution in [3.8, 4) is 0 Å². The molecule has 0 aromatic heterocycles. The molecular formula is C37H52ClN3O10S2. The van der Waals surface area contributed by atoms with Crippen LogP contribution in [-0.4, -0.2) is 113 Å². The Kier molecular flexibility index (Phi) is 14.8. The summed E-state index contributed by atoms with van der Waals surface area (Å²) in [4.78, 5) is 56.3. The van der Waals surface area contributed by atoms with Crippen LogP contribution in [0.5, 0.6) is 0 Å². The maximum Gasteiger partial charge on any atom is 0.409 e. The molecule has 13 nitrogen and oxygen atoms in total. The van der Waals surface area contributed by atoms with Crippen molar-refractivity contribution >= 4 is 62.8 Å². The molecule has 1 aromatic rings. The number of allylic oxidation sites excluding steroid dienone is 3. The second kappa shape index (κ2) is 18.2. The van der Waals surface area contributed by atoms with E-state index in [1.807, 2.05) is 19.9 Å². The number of nitrogens with zero attached hydrogens (tertiary/aromatic N) is 2. The van der Waals surface area contributed by atoms with Crippen molar-refractivity contribution in [2.45, 2.75) is 109 Å². The topological polar surface area (TPSA) is 167 Å². The van der Waals surface area contributed by atoms with Gasteiger partial charge in [0.1, 0.15) is 30.0 Å². The molecular weight excluding hydrogens is 746 g/mol. The first-order chi connectivity index (χ1) is 25.0. The van der Waals surface area contributed by atoms with Gasteiger partial charge in [-0.2, -0.15) is 0 Å². The molecule has 8 atom stereocenters. The lowest BCUT2D eigenvalue weighted by Gasteiger charge is -2.42. The molecule has 3 heterocycles. The lowest BCUT2D eigenvalue weighted by atomic mass is 9.83. The standard InChI is InChI=1S/C37H52ClN3O10S2/c1-9-52-53-14-13-30(43)40(6)23(4)34(45)50-29-18-31(44)41(7)26-17-24(16-25(20-42)32(26)38)15-21(2)11-10-12-28(48-8)37(47)19-27(49-35(46)39-37)22(3)33-36(29,5)51-33/h10-12,16-17,22-23,27-29,33,42,47H,9,13-15,18-20H2,1-8H3,(H,39,46)/b12-10+,21-11+/t22-,23-,27?,28-,29+,33?,36?,37+/m1/s1. The van der Waals surface area contributed by atoms with E-state index >= 15 is 0 Å². The van der Waals surface area contributed by atoms with Gasteiger partial charge in [0.2, 0.25) is 11.8 Å². The van der Waals surface area contributed by atoms with Crippen LogP contribution in [0.15, 0.2) is 35.9 Å². The number of likely N-dealkylation sites (N-methyl/N-ethyl adjacent to an activating group) is 1. The van der Waals surface area contributed by atoms with E-state index in [0.29, 0.717) is 23.4 Å². The van der Waals surface area contributed by atoms with E-state index in [0.717, 1.165) is 16.9 Å². The number of carbonyl (C=O) groups is 4. The van der Waals surface area contributed by atoms with Crippen molar-refractivity contribution in [2.75, 3.05) is 37.6 Å². The zero-order valence-electron chi connectivity index (χ0n) is 31.5. The van der Waals surface area contributed by atoms with Crippen molar-refractivity contribution in [3.63, 3.8) is 0 Å². The molecule has 3 aliphatic heterocycles. The molecule has 0 spiro atoms. The maximum absolute atomic E-state index is 14.1. The molecule has 0 saturated carbocycles. The highest BCUT2D eigenvalue weighted by Crippen LogP contribution is 2.49. The van der Waals surface area contributed by atoms with Crippen LogP contribution in [0.2, 0.25) is 5.02 Å². The normalized spacial score (nSPS) is 31.3. The average Bonchev–Trinajstić information content (AvgIpc) is 3.81. The van der Waals surface area contributed by atoms with Gasteiger partial charge in [-0.05, 0) is 44.4 Å². The van der Waals surface area contributed by atoms with Crippen LogP contribution in [0.1, 0.15) is 65.0 Å². The van der Waals surface area contributed by atoms with Crippen LogP contribution >= 0.6 is 33.2 Å². The Labute approximate surface area is 324 Å². The van der Waals surface area contributed by atoms with Gasteiger partial charge in [-0.1, -0.05) is 76.9 Å². The minimum Gasteiger partial charge on any atom is -0.457 e. The number of hydrogen-bond acceptors (Lipinski definition) is 12. The number of methoxy groups -OCH3 is 1. The number of alkyl carbamates (subject to hydrolysis) is 1. The third-order valence-electron chi connectivity index (χ3n) is 10.2. The fraction of sp³-hybridized carbons (Fsp3) is 0.622. The quantitative estimate of drug-likeness (QED) is 0.128. The van der Waals surface area contributed by atoms with Crippen molar-refractivity contribution < 1.29 is 48.3 Å². The number of aliphatic hydroxyl groups is 2. The number of ether oxygens (including phenoxy) is 4. The summed E-state index contributed by atoms with van der Waals surface area (Å²) in [6.07, 6.45) is 1.07. The number of halogens is 1. The predicted molar refractivity (Wildman–Crippen MR) is 206 cm³/mol. The van der Waals surface area contributed by atoms with Gasteiger partial charge < -0.3 is 39.0 Å². The molecule has 4 rings (SSSR count). The molecule has 3 amide bonds. The summed E-state index contributed by atoms with van der Waals surface area (Å²) in [5.74, 6) is -0.421. The third kappa shape index (κ3) is 10.1. The van der Waals surface area contributed by atoms with Crippen LogP contribution in [0.25, 0.3) is 0 Å². The number of amides is 3. The van der Waals surface area contributed by atoms with E-state index < -0.39 is 65.7 Å². The van der Waals surface area contributed by atoms with Gasteiger partial charge >= 0.3 is 12.1 Å². The Morgan fingerprint density at radius 1 is 1.26 bits per heavy atom. The number of aliphatic hydroxyl groups excluding tert-OH is 1. The number of carbonyl (C=O) groups excluding carboxylic acids is 4. The Morgan fingerprint density at radius 2 is 1.98 bits per heavy atom. The number of fused-ring (bicyclic) bond motifs is 5. The second-order valence-corrected chi connectivity index (χ2v) is 17.2. The highest BCUT2D eigenvalue weighted by Gasteiger charge is 2.64. The van der Waals surface area contributed by atoms with Gasteiger partial charge in [-0.25, -0.2) is 9.59 Å². The minimum atomic E-state index is -1.83. The number of anilines is 1. The molecule has 0 radical (unpaired) electrons. The molecule has 3 unspecified atom stereocenters. The summed E-state index contributed by atoms with van der Waals surface area (Å²) in [5.41, 5.74) is -0.575. The summed E-state index contributed by atoms with van der Waals surface area (Å²) in [6.45, 7) is 8.65. The van der Waals surface area contributed by atoms with Crippen LogP contribution < -0.4 is 10.2 Å². The molecule has 53 heavy (non-hydrogen) atoms. The number of esters is 1. The van der Waals surface area contributed by atoms with Crippen molar-refractivity contribution in [2.24, 2.45) is 5.92 Å². The van der Waals surface area contributed by atoms with Gasteiger partial charge in [0, 0.05) is 51.5 Å². The summed E-state index contributed by atoms with van der Waals surface area (Å²) in [5, 5.41) is 24.6. The summed E-state index contributed by atoms with van der Waals surface area (Å²) in [6, 6.07) is 2.57.